The summed E-state index contributed by atoms with van der Waals surface area (Å²) in [6.45, 7) is 3.98. The Kier molecular flexibility index (Phi) is 2.61. The normalized spacial score (nSPS) is 30.2. The molecular weight excluding hydrogens is 215 g/mol. The smallest absolute Gasteiger partial charge is 0.165 e. The first-order valence-corrected chi connectivity index (χ1v) is 6.63. The molecule has 2 unspecified atom stereocenters. The first kappa shape index (κ1) is 11.1. The fourth-order valence-corrected chi connectivity index (χ4v) is 3.08. The Hall–Kier alpha value is -1.05. The minimum atomic E-state index is -0.192. The molecule has 1 aromatic carbocycles. The summed E-state index contributed by atoms with van der Waals surface area (Å²) >= 11 is 0. The highest BCUT2D eigenvalue weighted by Gasteiger charge is 2.47. The molecule has 1 nitrogen and oxygen atoms in total. The van der Waals surface area contributed by atoms with E-state index in [0.29, 0.717) is 5.75 Å². The monoisotopic (exact) mass is 234 g/mol. The van der Waals surface area contributed by atoms with Crippen LogP contribution in [0.1, 0.15) is 37.3 Å². The zero-order valence-electron chi connectivity index (χ0n) is 10.5. The van der Waals surface area contributed by atoms with Crippen molar-refractivity contribution < 1.29 is 9.13 Å². The summed E-state index contributed by atoms with van der Waals surface area (Å²) in [5, 5.41) is 0. The molecule has 2 saturated carbocycles. The molecule has 2 aliphatic carbocycles. The summed E-state index contributed by atoms with van der Waals surface area (Å²) in [5.74, 6) is 2.03. The Labute approximate surface area is 102 Å². The number of ether oxygens (including phenoxy) is 1. The van der Waals surface area contributed by atoms with Crippen molar-refractivity contribution >= 4 is 0 Å². The van der Waals surface area contributed by atoms with Crippen LogP contribution < -0.4 is 4.74 Å². The standard InChI is InChI=1S/C15H19FO/c1-3-10-4-9(2)15(14(16)5-10)17-13-7-11-6-12(11)8-13/h4-5,11-13H,3,6-8H2,1-2H3. The average Bonchev–Trinajstić information content (AvgIpc) is 2.91. The summed E-state index contributed by atoms with van der Waals surface area (Å²) in [4.78, 5) is 0. The van der Waals surface area contributed by atoms with Crippen molar-refractivity contribution in [2.75, 3.05) is 0 Å². The second kappa shape index (κ2) is 4.01. The van der Waals surface area contributed by atoms with Gasteiger partial charge in [-0.05, 0) is 61.6 Å². The SMILES string of the molecule is CCc1cc(C)c(OC2CC3CC3C2)c(F)c1. The highest BCUT2D eigenvalue weighted by atomic mass is 19.1. The van der Waals surface area contributed by atoms with Crippen LogP contribution in [0.3, 0.4) is 0 Å². The van der Waals surface area contributed by atoms with Crippen LogP contribution >= 0.6 is 0 Å². The van der Waals surface area contributed by atoms with Crippen LogP contribution in [0.4, 0.5) is 4.39 Å². The molecule has 0 radical (unpaired) electrons. The van der Waals surface area contributed by atoms with Crippen molar-refractivity contribution in [3.05, 3.63) is 29.1 Å². The van der Waals surface area contributed by atoms with Crippen LogP contribution in [0.25, 0.3) is 0 Å². The van der Waals surface area contributed by atoms with Gasteiger partial charge in [0.25, 0.3) is 0 Å². The van der Waals surface area contributed by atoms with Crippen molar-refractivity contribution in [3.63, 3.8) is 0 Å². The summed E-state index contributed by atoms with van der Waals surface area (Å²) in [5.41, 5.74) is 1.98. The first-order valence-electron chi connectivity index (χ1n) is 6.63. The topological polar surface area (TPSA) is 9.23 Å². The molecule has 0 aromatic heterocycles. The average molecular weight is 234 g/mol. The van der Waals surface area contributed by atoms with Gasteiger partial charge in [0.05, 0.1) is 6.10 Å². The maximum Gasteiger partial charge on any atom is 0.165 e. The van der Waals surface area contributed by atoms with Crippen molar-refractivity contribution in [3.8, 4) is 5.75 Å². The van der Waals surface area contributed by atoms with E-state index in [4.69, 9.17) is 4.74 Å². The fraction of sp³-hybridized carbons (Fsp3) is 0.600. The number of fused-ring (bicyclic) bond motifs is 1. The lowest BCUT2D eigenvalue weighted by atomic mass is 10.1. The predicted molar refractivity (Wildman–Crippen MR) is 65.8 cm³/mol. The molecule has 0 amide bonds. The van der Waals surface area contributed by atoms with Gasteiger partial charge in [0.2, 0.25) is 0 Å². The minimum Gasteiger partial charge on any atom is -0.487 e. The molecule has 92 valence electrons. The summed E-state index contributed by atoms with van der Waals surface area (Å²) in [7, 11) is 0. The van der Waals surface area contributed by atoms with E-state index < -0.39 is 0 Å². The number of hydrogen-bond donors (Lipinski definition) is 0. The third-order valence-corrected chi connectivity index (χ3v) is 4.18. The van der Waals surface area contributed by atoms with E-state index in [-0.39, 0.29) is 11.9 Å². The van der Waals surface area contributed by atoms with Gasteiger partial charge in [0.1, 0.15) is 0 Å². The van der Waals surface area contributed by atoms with E-state index in [1.54, 1.807) is 6.07 Å². The summed E-state index contributed by atoms with van der Waals surface area (Å²) in [6.07, 6.45) is 4.74. The van der Waals surface area contributed by atoms with Gasteiger partial charge >= 0.3 is 0 Å². The molecule has 2 heteroatoms. The molecule has 0 aliphatic heterocycles. The Morgan fingerprint density at radius 3 is 2.53 bits per heavy atom. The van der Waals surface area contributed by atoms with Gasteiger partial charge in [0, 0.05) is 0 Å². The number of halogens is 1. The van der Waals surface area contributed by atoms with Gasteiger partial charge in [-0.3, -0.25) is 0 Å². The maximum atomic E-state index is 13.9. The molecule has 2 aliphatic rings. The van der Waals surface area contributed by atoms with Gasteiger partial charge < -0.3 is 4.74 Å². The molecule has 0 bridgehead atoms. The van der Waals surface area contributed by atoms with E-state index in [2.05, 4.69) is 0 Å². The molecule has 2 atom stereocenters. The Balaban J connectivity index is 1.77. The predicted octanol–water partition coefficient (Wildman–Crippen LogP) is 3.87. The lowest BCUT2D eigenvalue weighted by Crippen LogP contribution is -2.15. The van der Waals surface area contributed by atoms with Gasteiger partial charge in [0.15, 0.2) is 11.6 Å². The third-order valence-electron chi connectivity index (χ3n) is 4.18. The van der Waals surface area contributed by atoms with E-state index >= 15 is 0 Å². The van der Waals surface area contributed by atoms with Crippen molar-refractivity contribution in [2.24, 2.45) is 11.8 Å². The Morgan fingerprint density at radius 2 is 1.94 bits per heavy atom. The van der Waals surface area contributed by atoms with Gasteiger partial charge in [-0.2, -0.15) is 0 Å². The zero-order chi connectivity index (χ0) is 12.0. The van der Waals surface area contributed by atoms with Crippen molar-refractivity contribution in [1.82, 2.24) is 0 Å². The lowest BCUT2D eigenvalue weighted by Gasteiger charge is -2.18. The molecule has 0 spiro atoms. The van der Waals surface area contributed by atoms with E-state index in [1.807, 2.05) is 19.9 Å². The molecule has 3 rings (SSSR count). The van der Waals surface area contributed by atoms with Crippen LogP contribution in [0.5, 0.6) is 5.75 Å². The zero-order valence-corrected chi connectivity index (χ0v) is 10.5. The van der Waals surface area contributed by atoms with E-state index in [1.165, 1.54) is 6.42 Å². The quantitative estimate of drug-likeness (QED) is 0.771. The number of benzene rings is 1. The molecule has 0 heterocycles. The largest absolute Gasteiger partial charge is 0.487 e. The molecule has 1 aromatic rings. The number of aryl methyl sites for hydroxylation is 2. The van der Waals surface area contributed by atoms with Crippen LogP contribution in [-0.2, 0) is 6.42 Å². The fourth-order valence-electron chi connectivity index (χ4n) is 3.08. The summed E-state index contributed by atoms with van der Waals surface area (Å²) < 4.78 is 19.8. The number of rotatable bonds is 3. The number of hydrogen-bond acceptors (Lipinski definition) is 1. The second-order valence-corrected chi connectivity index (χ2v) is 5.54. The minimum absolute atomic E-state index is 0.192. The van der Waals surface area contributed by atoms with Gasteiger partial charge in [-0.15, -0.1) is 0 Å². The highest BCUT2D eigenvalue weighted by molar-refractivity contribution is 5.38. The van der Waals surface area contributed by atoms with Crippen LogP contribution in [0.2, 0.25) is 0 Å². The van der Waals surface area contributed by atoms with E-state index in [9.17, 15) is 4.39 Å². The molecule has 17 heavy (non-hydrogen) atoms. The summed E-state index contributed by atoms with van der Waals surface area (Å²) in [6, 6.07) is 3.64. The second-order valence-electron chi connectivity index (χ2n) is 5.54. The van der Waals surface area contributed by atoms with Gasteiger partial charge in [-0.25, -0.2) is 4.39 Å². The third kappa shape index (κ3) is 2.05. The van der Waals surface area contributed by atoms with Crippen molar-refractivity contribution in [2.45, 2.75) is 45.6 Å². The van der Waals surface area contributed by atoms with E-state index in [0.717, 1.165) is 42.2 Å². The first-order chi connectivity index (χ1) is 8.17. The van der Waals surface area contributed by atoms with Crippen molar-refractivity contribution in [1.29, 1.82) is 0 Å². The van der Waals surface area contributed by atoms with Crippen LogP contribution in [0.15, 0.2) is 12.1 Å². The molecule has 0 saturated heterocycles. The molecule has 2 fully saturated rings. The van der Waals surface area contributed by atoms with Gasteiger partial charge in [-0.1, -0.05) is 13.0 Å². The Bertz CT molecular complexity index is 408. The molecular formula is C15H19FO. The Morgan fingerprint density at radius 1 is 1.24 bits per heavy atom. The van der Waals surface area contributed by atoms with Crippen LogP contribution in [0, 0.1) is 24.6 Å². The lowest BCUT2D eigenvalue weighted by molar-refractivity contribution is 0.185. The molecule has 0 N–H and O–H groups in total. The van der Waals surface area contributed by atoms with Crippen LogP contribution in [-0.4, -0.2) is 6.10 Å². The highest BCUT2D eigenvalue weighted by Crippen LogP contribution is 2.52. The maximum absolute atomic E-state index is 13.9.